The van der Waals surface area contributed by atoms with Crippen molar-refractivity contribution < 1.29 is 14.6 Å². The number of aryl methyl sites for hydroxylation is 2. The van der Waals surface area contributed by atoms with E-state index < -0.39 is 5.97 Å². The lowest BCUT2D eigenvalue weighted by molar-refractivity contribution is -0.138. The minimum Gasteiger partial charge on any atom is -0.487 e. The third-order valence-corrected chi connectivity index (χ3v) is 5.58. The highest BCUT2D eigenvalue weighted by Gasteiger charge is 2.23. The van der Waals surface area contributed by atoms with Gasteiger partial charge in [-0.05, 0) is 75.6 Å². The molecule has 0 atom stereocenters. The highest BCUT2D eigenvalue weighted by molar-refractivity contribution is 5.69. The van der Waals surface area contributed by atoms with Crippen molar-refractivity contribution in [2.24, 2.45) is 0 Å². The van der Waals surface area contributed by atoms with Crippen LogP contribution in [-0.4, -0.2) is 58.6 Å². The smallest absolute Gasteiger partial charge is 0.317 e. The molecule has 0 amide bonds. The normalized spacial score (nSPS) is 15.6. The number of hydrogen-bond donors (Lipinski definition) is 1. The highest BCUT2D eigenvalue weighted by Crippen LogP contribution is 2.27. The van der Waals surface area contributed by atoms with E-state index >= 15 is 0 Å². The van der Waals surface area contributed by atoms with Crippen LogP contribution in [0.5, 0.6) is 5.75 Å². The maximum Gasteiger partial charge on any atom is 0.317 e. The first-order valence-electron chi connectivity index (χ1n) is 10.2. The van der Waals surface area contributed by atoms with Crippen LogP contribution in [0.4, 0.5) is 0 Å². The molecular weight excluding hydrogens is 366 g/mol. The maximum atomic E-state index is 10.9. The van der Waals surface area contributed by atoms with Crippen molar-refractivity contribution in [3.05, 3.63) is 58.9 Å². The number of likely N-dealkylation sites (tertiary alicyclic amines) is 1. The number of rotatable bonds is 8. The average molecular weight is 398 g/mol. The van der Waals surface area contributed by atoms with Gasteiger partial charge in [-0.3, -0.25) is 19.6 Å². The molecule has 0 spiro atoms. The number of hydrogen-bond acceptors (Lipinski definition) is 5. The summed E-state index contributed by atoms with van der Waals surface area (Å²) in [4.78, 5) is 19.6. The first kappa shape index (κ1) is 21.3. The molecule has 1 N–H and O–H groups in total. The quantitative estimate of drug-likeness (QED) is 0.738. The van der Waals surface area contributed by atoms with Gasteiger partial charge in [0, 0.05) is 18.8 Å². The zero-order chi connectivity index (χ0) is 20.8. The van der Waals surface area contributed by atoms with E-state index in [1.807, 2.05) is 30.1 Å². The largest absolute Gasteiger partial charge is 0.487 e. The molecule has 29 heavy (non-hydrogen) atoms. The molecule has 1 saturated heterocycles. The number of carboxylic acid groups (broad SMARTS) is 1. The van der Waals surface area contributed by atoms with Gasteiger partial charge in [-0.15, -0.1) is 0 Å². The second-order valence-electron chi connectivity index (χ2n) is 7.98. The lowest BCUT2D eigenvalue weighted by Gasteiger charge is -2.36. The first-order valence-corrected chi connectivity index (χ1v) is 10.2. The van der Waals surface area contributed by atoms with Gasteiger partial charge in [0.05, 0.1) is 12.2 Å². The molecular formula is C23H31N3O3. The molecule has 156 valence electrons. The Bertz CT molecular complexity index is 794. The molecule has 6 nitrogen and oxygen atoms in total. The molecule has 1 aromatic carbocycles. The highest BCUT2D eigenvalue weighted by atomic mass is 16.5. The summed E-state index contributed by atoms with van der Waals surface area (Å²) in [6, 6.07) is 10.6. The fourth-order valence-corrected chi connectivity index (χ4v) is 4.11. The fraction of sp³-hybridized carbons (Fsp3) is 0.478. The third-order valence-electron chi connectivity index (χ3n) is 5.58. The van der Waals surface area contributed by atoms with E-state index in [1.54, 1.807) is 6.20 Å². The SMILES string of the molecule is Cc1cc(CN2CCC(N(C)CC(=O)O)CC2)cc(C)c1OCc1ccccn1. The van der Waals surface area contributed by atoms with Gasteiger partial charge < -0.3 is 9.84 Å². The third kappa shape index (κ3) is 6.02. The fourth-order valence-electron chi connectivity index (χ4n) is 4.11. The van der Waals surface area contributed by atoms with Crippen molar-refractivity contribution in [3.8, 4) is 5.75 Å². The minimum atomic E-state index is -0.758. The van der Waals surface area contributed by atoms with Gasteiger partial charge >= 0.3 is 5.97 Å². The van der Waals surface area contributed by atoms with Crippen LogP contribution in [0.1, 0.15) is 35.2 Å². The molecule has 6 heteroatoms. The first-order chi connectivity index (χ1) is 13.9. The van der Waals surface area contributed by atoms with Gasteiger partial charge in [0.25, 0.3) is 0 Å². The molecule has 1 aliphatic heterocycles. The number of aliphatic carboxylic acids is 1. The van der Waals surface area contributed by atoms with Crippen LogP contribution in [-0.2, 0) is 17.9 Å². The molecule has 1 aliphatic rings. The van der Waals surface area contributed by atoms with Crippen molar-refractivity contribution in [3.63, 3.8) is 0 Å². The maximum absolute atomic E-state index is 10.9. The molecule has 1 fully saturated rings. The number of likely N-dealkylation sites (N-methyl/N-ethyl adjacent to an activating group) is 1. The van der Waals surface area contributed by atoms with Crippen molar-refractivity contribution in [2.45, 2.75) is 45.9 Å². The Kier molecular flexibility index (Phi) is 7.23. The van der Waals surface area contributed by atoms with Crippen LogP contribution < -0.4 is 4.74 Å². The number of ether oxygens (including phenoxy) is 1. The predicted octanol–water partition coefficient (Wildman–Crippen LogP) is 3.26. The molecule has 0 unspecified atom stereocenters. The predicted molar refractivity (Wildman–Crippen MR) is 113 cm³/mol. The van der Waals surface area contributed by atoms with Gasteiger partial charge in [0.15, 0.2) is 0 Å². The summed E-state index contributed by atoms with van der Waals surface area (Å²) < 4.78 is 6.04. The van der Waals surface area contributed by atoms with E-state index in [0.717, 1.165) is 55.0 Å². The Balaban J connectivity index is 1.55. The Hall–Kier alpha value is -2.44. The summed E-state index contributed by atoms with van der Waals surface area (Å²) in [5.74, 6) is 0.180. The molecule has 2 aromatic rings. The average Bonchev–Trinajstić information content (AvgIpc) is 2.68. The molecule has 0 saturated carbocycles. The van der Waals surface area contributed by atoms with Crippen LogP contribution in [0, 0.1) is 13.8 Å². The molecule has 0 bridgehead atoms. The second-order valence-corrected chi connectivity index (χ2v) is 7.98. The minimum absolute atomic E-state index is 0.114. The van der Waals surface area contributed by atoms with Crippen LogP contribution in [0.15, 0.2) is 36.5 Å². The van der Waals surface area contributed by atoms with Gasteiger partial charge in [-0.1, -0.05) is 18.2 Å². The molecule has 1 aromatic heterocycles. The van der Waals surface area contributed by atoms with Gasteiger partial charge in [0.2, 0.25) is 0 Å². The Morgan fingerprint density at radius 3 is 2.52 bits per heavy atom. The summed E-state index contributed by atoms with van der Waals surface area (Å²) in [6.07, 6.45) is 3.80. The number of carboxylic acids is 1. The van der Waals surface area contributed by atoms with E-state index in [1.165, 1.54) is 5.56 Å². The number of pyridine rings is 1. The van der Waals surface area contributed by atoms with E-state index in [4.69, 9.17) is 9.84 Å². The molecule has 2 heterocycles. The van der Waals surface area contributed by atoms with Gasteiger partial charge in [-0.25, -0.2) is 0 Å². The molecule has 0 aliphatic carbocycles. The van der Waals surface area contributed by atoms with Crippen LogP contribution in [0.3, 0.4) is 0 Å². The standard InChI is InChI=1S/C23H31N3O3/c1-17-12-19(13-18(2)23(17)29-16-20-6-4-5-9-24-20)14-26-10-7-21(8-11-26)25(3)15-22(27)28/h4-6,9,12-13,21H,7-8,10-11,14-16H2,1-3H3,(H,27,28). The van der Waals surface area contributed by atoms with E-state index in [0.29, 0.717) is 12.6 Å². The van der Waals surface area contributed by atoms with E-state index in [2.05, 4.69) is 35.9 Å². The summed E-state index contributed by atoms with van der Waals surface area (Å²) in [5.41, 5.74) is 4.51. The van der Waals surface area contributed by atoms with E-state index in [-0.39, 0.29) is 6.54 Å². The monoisotopic (exact) mass is 397 g/mol. The lowest BCUT2D eigenvalue weighted by Crippen LogP contribution is -2.44. The number of nitrogens with zero attached hydrogens (tertiary/aromatic N) is 3. The van der Waals surface area contributed by atoms with Crippen molar-refractivity contribution in [2.75, 3.05) is 26.7 Å². The van der Waals surface area contributed by atoms with Crippen LogP contribution in [0.2, 0.25) is 0 Å². The molecule has 0 radical (unpaired) electrons. The van der Waals surface area contributed by atoms with Crippen LogP contribution in [0.25, 0.3) is 0 Å². The Morgan fingerprint density at radius 2 is 1.93 bits per heavy atom. The van der Waals surface area contributed by atoms with Crippen molar-refractivity contribution >= 4 is 5.97 Å². The lowest BCUT2D eigenvalue weighted by atomic mass is 10.0. The number of carbonyl (C=O) groups is 1. The number of benzene rings is 1. The zero-order valence-corrected chi connectivity index (χ0v) is 17.6. The Labute approximate surface area is 173 Å². The van der Waals surface area contributed by atoms with E-state index in [9.17, 15) is 4.79 Å². The topological polar surface area (TPSA) is 65.9 Å². The summed E-state index contributed by atoms with van der Waals surface area (Å²) in [5, 5.41) is 8.97. The molecule has 3 rings (SSSR count). The van der Waals surface area contributed by atoms with Crippen LogP contribution >= 0.6 is 0 Å². The summed E-state index contributed by atoms with van der Waals surface area (Å²) in [7, 11) is 1.91. The zero-order valence-electron chi connectivity index (χ0n) is 17.6. The summed E-state index contributed by atoms with van der Waals surface area (Å²) >= 11 is 0. The summed E-state index contributed by atoms with van der Waals surface area (Å²) in [6.45, 7) is 7.67. The second kappa shape index (κ2) is 9.85. The van der Waals surface area contributed by atoms with Crippen molar-refractivity contribution in [1.29, 1.82) is 0 Å². The number of aromatic nitrogens is 1. The van der Waals surface area contributed by atoms with Gasteiger partial charge in [-0.2, -0.15) is 0 Å². The number of piperidine rings is 1. The van der Waals surface area contributed by atoms with Crippen molar-refractivity contribution in [1.82, 2.24) is 14.8 Å². The van der Waals surface area contributed by atoms with Gasteiger partial charge in [0.1, 0.15) is 12.4 Å². The Morgan fingerprint density at radius 1 is 1.24 bits per heavy atom.